The van der Waals surface area contributed by atoms with E-state index in [9.17, 15) is 21.6 Å². The summed E-state index contributed by atoms with van der Waals surface area (Å²) in [6, 6.07) is 0. The summed E-state index contributed by atoms with van der Waals surface area (Å²) in [5, 5.41) is 8.14. The number of aromatic nitrogens is 3. The van der Waals surface area contributed by atoms with Gasteiger partial charge in [-0.1, -0.05) is 55.4 Å². The number of alkyl halides is 3. The molecule has 13 nitrogen and oxygen atoms in total. The van der Waals surface area contributed by atoms with Crippen LogP contribution >= 0.6 is 0 Å². The van der Waals surface area contributed by atoms with Gasteiger partial charge >= 0.3 is 32.7 Å². The van der Waals surface area contributed by atoms with E-state index in [2.05, 4.69) is 9.97 Å². The van der Waals surface area contributed by atoms with Crippen LogP contribution < -0.4 is 11.5 Å². The maximum Gasteiger partial charge on any atom is 0.534 e. The van der Waals surface area contributed by atoms with E-state index in [0.29, 0.717) is 0 Å². The number of nitrogens with one attached hydrogen (secondary N) is 1. The Morgan fingerprint density at radius 3 is 2.14 bits per heavy atom. The molecule has 2 atom stereocenters. The van der Waals surface area contributed by atoms with Gasteiger partial charge in [0.2, 0.25) is 11.6 Å². The van der Waals surface area contributed by atoms with Crippen molar-refractivity contribution >= 4 is 55.8 Å². The van der Waals surface area contributed by atoms with Crippen molar-refractivity contribution in [3.8, 4) is 0 Å². The molecule has 0 aromatic carbocycles. The fourth-order valence-corrected chi connectivity index (χ4v) is 17.4. The fraction of sp³-hybridized carbons (Fsp3) is 0.640. The van der Waals surface area contributed by atoms with E-state index in [1.54, 1.807) is 0 Å². The van der Waals surface area contributed by atoms with Gasteiger partial charge in [0.05, 0.1) is 12.0 Å². The summed E-state index contributed by atoms with van der Waals surface area (Å²) in [6.45, 7) is 15.4. The zero-order valence-corrected chi connectivity index (χ0v) is 28.5. The molecule has 19 heteroatoms. The number of hydrogen-bond donors (Lipinski definition) is 3. The molecule has 5 N–H and O–H groups in total. The monoisotopic (exact) mass is 680 g/mol. The number of nitrogens with zero attached hydrogens (tertiary/aromatic N) is 3. The second kappa shape index (κ2) is 11.6. The van der Waals surface area contributed by atoms with Crippen LogP contribution in [0.3, 0.4) is 0 Å². The van der Waals surface area contributed by atoms with Crippen LogP contribution in [0.2, 0.25) is 22.2 Å². The molecule has 1 fully saturated rings. The molecule has 0 aliphatic carbocycles. The molecule has 0 spiro atoms. The zero-order valence-electron chi connectivity index (χ0n) is 25.7. The normalized spacial score (nSPS) is 22.4. The van der Waals surface area contributed by atoms with E-state index in [1.165, 1.54) is 6.20 Å². The highest BCUT2D eigenvalue weighted by atomic mass is 32.2. The second-order valence-electron chi connectivity index (χ2n) is 12.1. The van der Waals surface area contributed by atoms with E-state index in [-0.39, 0.29) is 51.2 Å². The third-order valence-electron chi connectivity index (χ3n) is 8.00. The maximum absolute atomic E-state index is 13.7. The molecule has 1 saturated heterocycles. The topological polar surface area (TPSA) is 187 Å². The molecule has 2 aromatic heterocycles. The van der Waals surface area contributed by atoms with Gasteiger partial charge in [0.1, 0.15) is 18.0 Å². The molecule has 0 saturated carbocycles. The Hall–Kier alpha value is -2.72. The van der Waals surface area contributed by atoms with Gasteiger partial charge in [-0.3, -0.25) is 9.98 Å². The van der Waals surface area contributed by atoms with Crippen molar-refractivity contribution in [1.82, 2.24) is 14.5 Å². The summed E-state index contributed by atoms with van der Waals surface area (Å²) in [5.41, 5.74) is 5.49. The summed E-state index contributed by atoms with van der Waals surface area (Å²) in [7, 11) is -12.8. The van der Waals surface area contributed by atoms with Crippen molar-refractivity contribution in [2.45, 2.75) is 95.3 Å². The molecule has 0 radical (unpaired) electrons. The molecular formula is C25H39F3N6O7SSi2. The molecule has 2 aliphatic rings. The van der Waals surface area contributed by atoms with Gasteiger partial charge < -0.3 is 33.4 Å². The van der Waals surface area contributed by atoms with Gasteiger partial charge in [0.15, 0.2) is 17.9 Å². The van der Waals surface area contributed by atoms with Gasteiger partial charge in [0, 0.05) is 11.8 Å². The molecule has 246 valence electrons. The molecule has 4 rings (SSSR count). The van der Waals surface area contributed by atoms with Crippen LogP contribution in [0.4, 0.5) is 19.0 Å². The van der Waals surface area contributed by atoms with Gasteiger partial charge in [-0.15, -0.1) is 0 Å². The lowest BCUT2D eigenvalue weighted by atomic mass is 10.2. The summed E-state index contributed by atoms with van der Waals surface area (Å²) < 4.78 is 99.0. The van der Waals surface area contributed by atoms with Crippen LogP contribution in [0.25, 0.3) is 16.9 Å². The van der Waals surface area contributed by atoms with Crippen molar-refractivity contribution in [3.05, 3.63) is 23.8 Å². The Kier molecular flexibility index (Phi) is 8.99. The van der Waals surface area contributed by atoms with E-state index in [1.807, 2.05) is 55.4 Å². The number of fused-ring (bicyclic) bond motifs is 2. The molecule has 0 unspecified atom stereocenters. The predicted octanol–water partition coefficient (Wildman–Crippen LogP) is 4.65. The van der Waals surface area contributed by atoms with Crippen molar-refractivity contribution in [2.75, 3.05) is 12.3 Å². The largest absolute Gasteiger partial charge is 0.534 e. The predicted molar refractivity (Wildman–Crippen MR) is 161 cm³/mol. The zero-order chi connectivity index (χ0) is 33.2. The first-order valence-corrected chi connectivity index (χ1v) is 19.4. The first kappa shape index (κ1) is 34.2. The van der Waals surface area contributed by atoms with E-state index in [4.69, 9.17) is 38.8 Å². The lowest BCUT2D eigenvalue weighted by Gasteiger charge is -2.51. The molecule has 0 bridgehead atoms. The van der Waals surface area contributed by atoms with Crippen LogP contribution in [0, 0.1) is 5.41 Å². The third-order valence-corrected chi connectivity index (χ3v) is 19.2. The quantitative estimate of drug-likeness (QED) is 0.116. The van der Waals surface area contributed by atoms with Crippen LogP contribution in [0.5, 0.6) is 0 Å². The summed E-state index contributed by atoms with van der Waals surface area (Å²) >= 11 is 0. The first-order valence-electron chi connectivity index (χ1n) is 14.1. The first-order chi connectivity index (χ1) is 20.2. The minimum Gasteiger partial charge on any atom is -0.467 e. The minimum atomic E-state index is -6.21. The Labute approximate surface area is 256 Å². The second-order valence-corrected chi connectivity index (χ2v) is 22.5. The highest BCUT2D eigenvalue weighted by Crippen LogP contribution is 2.49. The highest BCUT2D eigenvalue weighted by Gasteiger charge is 2.62. The Balaban J connectivity index is 2.03. The maximum atomic E-state index is 13.7. The number of rotatable bonds is 8. The Bertz CT molecular complexity index is 1560. The highest BCUT2D eigenvalue weighted by molar-refractivity contribution is 7.87. The van der Waals surface area contributed by atoms with Gasteiger partial charge in [-0.2, -0.15) is 21.6 Å². The molecule has 2 aliphatic heterocycles. The molecule has 0 amide bonds. The number of ether oxygens (including phenoxy) is 1. The van der Waals surface area contributed by atoms with Crippen LogP contribution in [-0.4, -0.2) is 70.2 Å². The average molecular weight is 681 g/mol. The summed E-state index contributed by atoms with van der Waals surface area (Å²) in [4.78, 5) is 8.10. The number of amidine groups is 1. The standard InChI is InChI=1S/C25H39F3N6O7SSi2/c1-12(2)43(13(3)4)37-10-17-19(40-44(41-43,14(5)6)15(7)8)20(39-42(35,36)25(26,27)28)24(38-17)34-9-16(21(29)30)18-22(31)32-11-33-23(18)34/h9,11-15,17,19H,10H2,1-8H3,(H3,29,30)(H2,31,32,33)/t17-,19-/m1/s1. The Morgan fingerprint density at radius 2 is 1.64 bits per heavy atom. The third kappa shape index (κ3) is 5.50. The van der Waals surface area contributed by atoms with E-state index < -0.39 is 62.4 Å². The summed E-state index contributed by atoms with van der Waals surface area (Å²) in [5.74, 6) is -1.76. The van der Waals surface area contributed by atoms with Crippen molar-refractivity contribution in [2.24, 2.45) is 5.73 Å². The smallest absolute Gasteiger partial charge is 0.467 e. The number of hydrogen-bond acceptors (Lipinski definition) is 11. The van der Waals surface area contributed by atoms with Crippen molar-refractivity contribution in [3.63, 3.8) is 0 Å². The molecule has 2 aromatic rings. The lowest BCUT2D eigenvalue weighted by Crippen LogP contribution is -2.65. The number of anilines is 1. The SMILES string of the molecule is CC(C)[Si]1(C(C)C)OC[C@H]2OC(n3cc(C(=N)N)c4c(N)ncnc43)=C(OS(=O)(=O)C(F)(F)F)[C@@H]2O[Si](C(C)C)(C(C)C)O1. The molecular weight excluding hydrogens is 642 g/mol. The number of nitrogens with two attached hydrogens (primary N) is 2. The fourth-order valence-electron chi connectivity index (χ4n) is 5.80. The lowest BCUT2D eigenvalue weighted by molar-refractivity contribution is -0.0544. The van der Waals surface area contributed by atoms with Crippen molar-refractivity contribution < 1.29 is 43.5 Å². The van der Waals surface area contributed by atoms with Crippen LogP contribution in [0.1, 0.15) is 61.0 Å². The van der Waals surface area contributed by atoms with Crippen LogP contribution in [0.15, 0.2) is 18.3 Å². The molecule has 4 heterocycles. The van der Waals surface area contributed by atoms with Gasteiger partial charge in [-0.25, -0.2) is 9.97 Å². The summed E-state index contributed by atoms with van der Waals surface area (Å²) in [6.07, 6.45) is -0.289. The minimum absolute atomic E-state index is 0.0149. The van der Waals surface area contributed by atoms with Gasteiger partial charge in [0.25, 0.3) is 0 Å². The van der Waals surface area contributed by atoms with Crippen molar-refractivity contribution in [1.29, 1.82) is 5.41 Å². The van der Waals surface area contributed by atoms with E-state index in [0.717, 1.165) is 10.9 Å². The van der Waals surface area contributed by atoms with E-state index >= 15 is 0 Å². The number of halogens is 3. The van der Waals surface area contributed by atoms with Crippen LogP contribution in [-0.2, 0) is 32.0 Å². The number of nitrogen functional groups attached to an aromatic ring is 2. The molecule has 44 heavy (non-hydrogen) atoms. The average Bonchev–Trinajstić information content (AvgIpc) is 3.41. The van der Waals surface area contributed by atoms with Gasteiger partial charge in [-0.05, 0) is 22.2 Å². The Morgan fingerprint density at radius 1 is 1.07 bits per heavy atom.